The van der Waals surface area contributed by atoms with Crippen molar-refractivity contribution in [2.75, 3.05) is 13.1 Å². The van der Waals surface area contributed by atoms with Gasteiger partial charge in [0.25, 0.3) is 0 Å². The van der Waals surface area contributed by atoms with Crippen molar-refractivity contribution in [3.8, 4) is 0 Å². The van der Waals surface area contributed by atoms with Gasteiger partial charge in [-0.25, -0.2) is 0 Å². The molecule has 0 saturated heterocycles. The molecule has 1 aromatic heterocycles. The first-order chi connectivity index (χ1) is 9.75. The molecule has 0 aliphatic heterocycles. The van der Waals surface area contributed by atoms with Crippen LogP contribution in [0.4, 0.5) is 0 Å². The zero-order valence-corrected chi connectivity index (χ0v) is 13.2. The highest BCUT2D eigenvalue weighted by atomic mass is 16.5. The van der Waals surface area contributed by atoms with Gasteiger partial charge in [0.05, 0.1) is 12.2 Å². The molecule has 0 amide bonds. The van der Waals surface area contributed by atoms with Crippen molar-refractivity contribution >= 4 is 0 Å². The van der Waals surface area contributed by atoms with Gasteiger partial charge in [-0.1, -0.05) is 38.8 Å². The second-order valence-electron chi connectivity index (χ2n) is 5.95. The summed E-state index contributed by atoms with van der Waals surface area (Å²) in [5.41, 5.74) is 1.03. The van der Waals surface area contributed by atoms with Gasteiger partial charge in [-0.3, -0.25) is 4.90 Å². The van der Waals surface area contributed by atoms with E-state index in [0.717, 1.165) is 49.6 Å². The van der Waals surface area contributed by atoms with Crippen LogP contribution in [0, 0.1) is 5.92 Å². The lowest BCUT2D eigenvalue weighted by molar-refractivity contribution is 0.202. The van der Waals surface area contributed by atoms with Crippen LogP contribution in [0.2, 0.25) is 0 Å². The van der Waals surface area contributed by atoms with Crippen LogP contribution < -0.4 is 5.32 Å². The Morgan fingerprint density at radius 2 is 2.10 bits per heavy atom. The quantitative estimate of drug-likeness (QED) is 0.714. The second-order valence-corrected chi connectivity index (χ2v) is 5.95. The zero-order chi connectivity index (χ0) is 14.4. The summed E-state index contributed by atoms with van der Waals surface area (Å²) in [5.74, 6) is 1.78. The molecule has 1 aliphatic rings. The van der Waals surface area contributed by atoms with Crippen LogP contribution >= 0.6 is 0 Å². The monoisotopic (exact) mass is 279 g/mol. The molecule has 4 nitrogen and oxygen atoms in total. The normalized spacial score (nSPS) is 15.4. The summed E-state index contributed by atoms with van der Waals surface area (Å²) < 4.78 is 5.47. The van der Waals surface area contributed by atoms with Crippen molar-refractivity contribution in [2.24, 2.45) is 5.92 Å². The molecule has 1 aromatic rings. The minimum atomic E-state index is 0.720. The summed E-state index contributed by atoms with van der Waals surface area (Å²) in [6.45, 7) is 10.7. The third-order valence-electron chi connectivity index (χ3n) is 4.25. The van der Waals surface area contributed by atoms with E-state index in [9.17, 15) is 0 Å². The van der Waals surface area contributed by atoms with Gasteiger partial charge in [0.15, 0.2) is 5.76 Å². The summed E-state index contributed by atoms with van der Waals surface area (Å²) in [6, 6.07) is 2.82. The summed E-state index contributed by atoms with van der Waals surface area (Å²) >= 11 is 0. The largest absolute Gasteiger partial charge is 0.360 e. The van der Waals surface area contributed by atoms with Crippen LogP contribution in [0.1, 0.15) is 57.9 Å². The highest BCUT2D eigenvalue weighted by Crippen LogP contribution is 2.19. The predicted octanol–water partition coefficient (Wildman–Crippen LogP) is 3.18. The first-order valence-corrected chi connectivity index (χ1v) is 8.15. The lowest BCUT2D eigenvalue weighted by Crippen LogP contribution is -2.28. The predicted molar refractivity (Wildman–Crippen MR) is 81.4 cm³/mol. The zero-order valence-electron chi connectivity index (χ0n) is 13.2. The molecule has 1 fully saturated rings. The van der Waals surface area contributed by atoms with E-state index < -0.39 is 0 Å². The molecule has 1 N–H and O–H groups in total. The molecular weight excluding hydrogens is 250 g/mol. The fourth-order valence-corrected chi connectivity index (χ4v) is 2.49. The lowest BCUT2D eigenvalue weighted by Gasteiger charge is -2.23. The number of aromatic nitrogens is 1. The van der Waals surface area contributed by atoms with Gasteiger partial charge in [-0.2, -0.15) is 0 Å². The number of rotatable bonds is 10. The molecule has 1 aliphatic carbocycles. The second kappa shape index (κ2) is 7.79. The van der Waals surface area contributed by atoms with E-state index in [4.69, 9.17) is 4.52 Å². The van der Waals surface area contributed by atoms with E-state index in [2.05, 4.69) is 42.2 Å². The van der Waals surface area contributed by atoms with E-state index in [0.29, 0.717) is 0 Å². The first-order valence-electron chi connectivity index (χ1n) is 8.15. The maximum absolute atomic E-state index is 5.47. The molecule has 0 spiro atoms. The molecule has 0 aromatic carbocycles. The van der Waals surface area contributed by atoms with Crippen molar-refractivity contribution in [3.05, 3.63) is 17.5 Å². The number of nitrogens with one attached hydrogen (secondary N) is 1. The van der Waals surface area contributed by atoms with Gasteiger partial charge in [0, 0.05) is 25.2 Å². The fraction of sp³-hybridized carbons (Fsp3) is 0.812. The molecule has 0 bridgehead atoms. The Morgan fingerprint density at radius 1 is 1.35 bits per heavy atom. The average molecular weight is 279 g/mol. The average Bonchev–Trinajstić information content (AvgIpc) is 3.20. The van der Waals surface area contributed by atoms with E-state index in [1.54, 1.807) is 0 Å². The van der Waals surface area contributed by atoms with Crippen molar-refractivity contribution in [2.45, 2.75) is 65.6 Å². The molecule has 0 radical (unpaired) electrons. The molecular formula is C16H29N3O. The van der Waals surface area contributed by atoms with Crippen molar-refractivity contribution < 1.29 is 4.52 Å². The smallest absolute Gasteiger partial charge is 0.151 e. The Hall–Kier alpha value is -0.870. The molecule has 114 valence electrons. The van der Waals surface area contributed by atoms with E-state index in [1.807, 2.05) is 0 Å². The van der Waals surface area contributed by atoms with Crippen molar-refractivity contribution in [3.63, 3.8) is 0 Å². The highest BCUT2D eigenvalue weighted by Gasteiger charge is 2.20. The highest BCUT2D eigenvalue weighted by molar-refractivity contribution is 5.05. The Bertz CT molecular complexity index is 383. The third-order valence-corrected chi connectivity index (χ3v) is 4.25. The van der Waals surface area contributed by atoms with Gasteiger partial charge >= 0.3 is 0 Å². The van der Waals surface area contributed by atoms with Gasteiger partial charge in [0.1, 0.15) is 0 Å². The van der Waals surface area contributed by atoms with Crippen molar-refractivity contribution in [1.29, 1.82) is 0 Å². The maximum Gasteiger partial charge on any atom is 0.151 e. The van der Waals surface area contributed by atoms with Crippen LogP contribution in [-0.4, -0.2) is 29.2 Å². The van der Waals surface area contributed by atoms with E-state index in [1.165, 1.54) is 25.7 Å². The van der Waals surface area contributed by atoms with Gasteiger partial charge in [-0.05, 0) is 25.3 Å². The van der Waals surface area contributed by atoms with Crippen LogP contribution in [0.3, 0.4) is 0 Å². The van der Waals surface area contributed by atoms with Gasteiger partial charge in [-0.15, -0.1) is 0 Å². The van der Waals surface area contributed by atoms with Crippen LogP contribution in [0.5, 0.6) is 0 Å². The Morgan fingerprint density at radius 3 is 2.70 bits per heavy atom. The summed E-state index contributed by atoms with van der Waals surface area (Å²) in [5, 5.41) is 7.63. The third kappa shape index (κ3) is 4.91. The van der Waals surface area contributed by atoms with Crippen molar-refractivity contribution in [1.82, 2.24) is 15.4 Å². The standard InChI is InChI=1S/C16H29N3O/c1-4-13(5-2)11-19(6-3)12-16-9-15(18-20-16)10-17-14-7-8-14/h9,13-14,17H,4-8,10-12H2,1-3H3. The molecule has 0 unspecified atom stereocenters. The SMILES string of the molecule is CCC(CC)CN(CC)Cc1cc(CNC2CC2)no1. The van der Waals surface area contributed by atoms with E-state index in [-0.39, 0.29) is 0 Å². The number of hydrogen-bond acceptors (Lipinski definition) is 4. The summed E-state index contributed by atoms with van der Waals surface area (Å²) in [7, 11) is 0. The summed E-state index contributed by atoms with van der Waals surface area (Å²) in [4.78, 5) is 2.45. The topological polar surface area (TPSA) is 41.3 Å². The molecule has 2 rings (SSSR count). The van der Waals surface area contributed by atoms with Gasteiger partial charge in [0.2, 0.25) is 0 Å². The van der Waals surface area contributed by atoms with Crippen LogP contribution in [-0.2, 0) is 13.1 Å². The molecule has 4 heteroatoms. The summed E-state index contributed by atoms with van der Waals surface area (Å²) in [6.07, 6.45) is 5.12. The minimum absolute atomic E-state index is 0.720. The maximum atomic E-state index is 5.47. The van der Waals surface area contributed by atoms with E-state index >= 15 is 0 Å². The lowest BCUT2D eigenvalue weighted by atomic mass is 10.0. The molecule has 1 heterocycles. The Kier molecular flexibility index (Phi) is 6.05. The Labute approximate surface area is 122 Å². The Balaban J connectivity index is 1.80. The minimum Gasteiger partial charge on any atom is -0.360 e. The van der Waals surface area contributed by atoms with Crippen LogP contribution in [0.25, 0.3) is 0 Å². The van der Waals surface area contributed by atoms with Crippen LogP contribution in [0.15, 0.2) is 10.6 Å². The van der Waals surface area contributed by atoms with Gasteiger partial charge < -0.3 is 9.84 Å². The number of nitrogens with zero attached hydrogens (tertiary/aromatic N) is 2. The fourth-order valence-electron chi connectivity index (χ4n) is 2.49. The molecule has 1 saturated carbocycles. The first kappa shape index (κ1) is 15.5. The molecule has 20 heavy (non-hydrogen) atoms. The number of hydrogen-bond donors (Lipinski definition) is 1. The molecule has 0 atom stereocenters.